The summed E-state index contributed by atoms with van der Waals surface area (Å²) in [5.74, 6) is -0.304. The number of para-hydroxylation sites is 1. The lowest BCUT2D eigenvalue weighted by atomic mass is 10.1. The van der Waals surface area contributed by atoms with Crippen LogP contribution in [0.4, 0.5) is 11.4 Å². The number of benzene rings is 1. The van der Waals surface area contributed by atoms with Crippen LogP contribution in [0.5, 0.6) is 0 Å². The summed E-state index contributed by atoms with van der Waals surface area (Å²) in [5.41, 5.74) is 4.90. The highest BCUT2D eigenvalue weighted by Crippen LogP contribution is 2.25. The Kier molecular flexibility index (Phi) is 4.78. The Balaban J connectivity index is 2.89. The molecule has 1 atom stereocenters. The first-order valence-corrected chi connectivity index (χ1v) is 6.77. The molecule has 1 aromatic carbocycles. The third-order valence-electron chi connectivity index (χ3n) is 2.17. The molecule has 0 fully saturated rings. The van der Waals surface area contributed by atoms with Gasteiger partial charge in [-0.3, -0.25) is 19.1 Å². The third-order valence-corrected chi connectivity index (χ3v) is 2.95. The second kappa shape index (κ2) is 6.10. The maximum Gasteiger partial charge on any atom is 0.304 e. The fourth-order valence-corrected chi connectivity index (χ4v) is 1.74. The Morgan fingerprint density at radius 3 is 2.78 bits per heavy atom. The van der Waals surface area contributed by atoms with E-state index in [9.17, 15) is 19.1 Å². The minimum Gasteiger partial charge on any atom is -0.393 e. The summed E-state index contributed by atoms with van der Waals surface area (Å²) in [6, 6.07) is 4.15. The van der Waals surface area contributed by atoms with E-state index in [4.69, 9.17) is 5.73 Å². The summed E-state index contributed by atoms with van der Waals surface area (Å²) in [4.78, 5) is 21.9. The fraction of sp³-hybridized carbons (Fsp3) is 0.300. The van der Waals surface area contributed by atoms with Crippen LogP contribution in [0.1, 0.15) is 10.4 Å². The molecule has 0 heterocycles. The Bertz CT molecular complexity index is 504. The van der Waals surface area contributed by atoms with Gasteiger partial charge in [0.05, 0.1) is 4.92 Å². The number of rotatable bonds is 5. The van der Waals surface area contributed by atoms with Gasteiger partial charge in [-0.25, -0.2) is 0 Å². The Hall–Kier alpha value is -1.96. The lowest BCUT2D eigenvalue weighted by Crippen LogP contribution is -2.28. The smallest absolute Gasteiger partial charge is 0.304 e. The van der Waals surface area contributed by atoms with E-state index >= 15 is 0 Å². The average molecular weight is 271 g/mol. The minimum atomic E-state index is -1.03. The van der Waals surface area contributed by atoms with Crippen LogP contribution < -0.4 is 11.1 Å². The molecule has 0 spiro atoms. The maximum absolute atomic E-state index is 11.7. The molecule has 0 aromatic heterocycles. The lowest BCUT2D eigenvalue weighted by Gasteiger charge is -2.06. The van der Waals surface area contributed by atoms with E-state index < -0.39 is 27.3 Å². The van der Waals surface area contributed by atoms with Crippen LogP contribution in [0.2, 0.25) is 0 Å². The van der Waals surface area contributed by atoms with Crippen molar-refractivity contribution in [2.75, 3.05) is 24.3 Å². The summed E-state index contributed by atoms with van der Waals surface area (Å²) in [7, 11) is -1.03. The van der Waals surface area contributed by atoms with Crippen LogP contribution >= 0.6 is 0 Å². The van der Waals surface area contributed by atoms with Crippen molar-refractivity contribution in [2.24, 2.45) is 0 Å². The molecule has 1 unspecified atom stereocenters. The van der Waals surface area contributed by atoms with Gasteiger partial charge >= 0.3 is 5.69 Å². The van der Waals surface area contributed by atoms with Gasteiger partial charge in [0, 0.05) is 29.4 Å². The number of nitrogens with zero attached hydrogens (tertiary/aromatic N) is 1. The molecule has 1 rings (SSSR count). The van der Waals surface area contributed by atoms with Crippen molar-refractivity contribution in [3.05, 3.63) is 33.9 Å². The first-order chi connectivity index (χ1) is 8.43. The molecule has 0 saturated heterocycles. The first kappa shape index (κ1) is 14.1. The summed E-state index contributed by atoms with van der Waals surface area (Å²) < 4.78 is 10.8. The van der Waals surface area contributed by atoms with Gasteiger partial charge in [0.1, 0.15) is 11.3 Å². The van der Waals surface area contributed by atoms with Gasteiger partial charge in [-0.2, -0.15) is 0 Å². The molecule has 1 aromatic rings. The quantitative estimate of drug-likeness (QED) is 0.453. The molecule has 0 aliphatic rings. The standard InChI is InChI=1S/C10H13N3O4S/c1-18(17)6-5-12-10(14)7-3-2-4-8(11)9(7)13(15)16/h2-4H,5-6,11H2,1H3,(H,12,14). The Morgan fingerprint density at radius 2 is 2.22 bits per heavy atom. The number of nitro benzene ring substituents is 1. The molecule has 8 heteroatoms. The van der Waals surface area contributed by atoms with Gasteiger partial charge in [-0.15, -0.1) is 0 Å². The van der Waals surface area contributed by atoms with Crippen molar-refractivity contribution in [2.45, 2.75) is 0 Å². The van der Waals surface area contributed by atoms with Crippen LogP contribution in [0.3, 0.4) is 0 Å². The van der Waals surface area contributed by atoms with Crippen LogP contribution in [0.15, 0.2) is 18.2 Å². The molecule has 0 aliphatic carbocycles. The number of anilines is 1. The molecule has 18 heavy (non-hydrogen) atoms. The highest BCUT2D eigenvalue weighted by Gasteiger charge is 2.22. The van der Waals surface area contributed by atoms with Crippen molar-refractivity contribution >= 4 is 28.1 Å². The van der Waals surface area contributed by atoms with E-state index in [1.165, 1.54) is 24.5 Å². The first-order valence-electron chi connectivity index (χ1n) is 5.04. The summed E-state index contributed by atoms with van der Waals surface area (Å²) >= 11 is 0. The molecule has 1 amide bonds. The highest BCUT2D eigenvalue weighted by molar-refractivity contribution is 7.84. The fourth-order valence-electron chi connectivity index (χ4n) is 1.35. The van der Waals surface area contributed by atoms with Crippen molar-refractivity contribution in [1.29, 1.82) is 0 Å². The van der Waals surface area contributed by atoms with Gasteiger partial charge < -0.3 is 11.1 Å². The molecule has 0 radical (unpaired) electrons. The van der Waals surface area contributed by atoms with Crippen molar-refractivity contribution in [1.82, 2.24) is 5.32 Å². The lowest BCUT2D eigenvalue weighted by molar-refractivity contribution is -0.384. The monoisotopic (exact) mass is 271 g/mol. The second-order valence-corrected chi connectivity index (χ2v) is 5.09. The van der Waals surface area contributed by atoms with Crippen molar-refractivity contribution in [3.63, 3.8) is 0 Å². The van der Waals surface area contributed by atoms with E-state index in [2.05, 4.69) is 5.32 Å². The number of hydrogen-bond acceptors (Lipinski definition) is 5. The van der Waals surface area contributed by atoms with Crippen LogP contribution in [-0.2, 0) is 10.8 Å². The predicted octanol–water partition coefficient (Wildman–Crippen LogP) is 0.285. The summed E-state index contributed by atoms with van der Waals surface area (Å²) in [6.45, 7) is 0.188. The molecule has 98 valence electrons. The van der Waals surface area contributed by atoms with Crippen LogP contribution in [-0.4, -0.2) is 33.6 Å². The van der Waals surface area contributed by atoms with Gasteiger partial charge in [0.15, 0.2) is 0 Å². The van der Waals surface area contributed by atoms with Gasteiger partial charge in [-0.1, -0.05) is 6.07 Å². The van der Waals surface area contributed by atoms with Gasteiger partial charge in [-0.05, 0) is 12.1 Å². The molecule has 7 nitrogen and oxygen atoms in total. The van der Waals surface area contributed by atoms with Crippen molar-refractivity contribution in [3.8, 4) is 0 Å². The number of nitro groups is 1. The topological polar surface area (TPSA) is 115 Å². The second-order valence-electron chi connectivity index (χ2n) is 3.53. The number of nitrogen functional groups attached to an aromatic ring is 1. The van der Waals surface area contributed by atoms with E-state index in [1.54, 1.807) is 0 Å². The average Bonchev–Trinajstić information content (AvgIpc) is 2.27. The van der Waals surface area contributed by atoms with Gasteiger partial charge in [0.25, 0.3) is 5.91 Å². The molecular formula is C10H13N3O4S. The predicted molar refractivity (Wildman–Crippen MR) is 68.8 cm³/mol. The number of nitrogens with two attached hydrogens (primary N) is 1. The Labute approximate surface area is 106 Å². The minimum absolute atomic E-state index is 0.0632. The number of nitrogens with one attached hydrogen (secondary N) is 1. The highest BCUT2D eigenvalue weighted by atomic mass is 32.2. The summed E-state index contributed by atoms with van der Waals surface area (Å²) in [6.07, 6.45) is 1.51. The van der Waals surface area contributed by atoms with Crippen LogP contribution in [0.25, 0.3) is 0 Å². The molecular weight excluding hydrogens is 258 g/mol. The third kappa shape index (κ3) is 3.52. The zero-order valence-corrected chi connectivity index (χ0v) is 10.5. The van der Waals surface area contributed by atoms with Crippen molar-refractivity contribution < 1.29 is 13.9 Å². The normalized spacial score (nSPS) is 11.8. The molecule has 0 bridgehead atoms. The van der Waals surface area contributed by atoms with E-state index in [0.717, 1.165) is 0 Å². The van der Waals surface area contributed by atoms with Crippen LogP contribution in [0, 0.1) is 10.1 Å². The maximum atomic E-state index is 11.7. The zero-order chi connectivity index (χ0) is 13.7. The van der Waals surface area contributed by atoms with E-state index in [-0.39, 0.29) is 17.8 Å². The number of carbonyl (C=O) groups excluding carboxylic acids is 1. The van der Waals surface area contributed by atoms with E-state index in [0.29, 0.717) is 5.75 Å². The SMILES string of the molecule is CS(=O)CCNC(=O)c1cccc(N)c1[N+](=O)[O-]. The summed E-state index contributed by atoms with van der Waals surface area (Å²) in [5, 5.41) is 13.3. The molecule has 3 N–H and O–H groups in total. The number of hydrogen-bond donors (Lipinski definition) is 2. The number of amides is 1. The number of carbonyl (C=O) groups is 1. The Morgan fingerprint density at radius 1 is 1.56 bits per heavy atom. The van der Waals surface area contributed by atoms with Gasteiger partial charge in [0.2, 0.25) is 0 Å². The largest absolute Gasteiger partial charge is 0.393 e. The molecule has 0 aliphatic heterocycles. The molecule has 0 saturated carbocycles. The van der Waals surface area contributed by atoms with E-state index in [1.807, 2.05) is 0 Å². The zero-order valence-electron chi connectivity index (χ0n) is 9.71.